The maximum atomic E-state index is 6.29. The van der Waals surface area contributed by atoms with E-state index in [0.717, 1.165) is 43.7 Å². The van der Waals surface area contributed by atoms with E-state index < -0.39 is 0 Å². The Bertz CT molecular complexity index is 439. The van der Waals surface area contributed by atoms with Gasteiger partial charge in [0, 0.05) is 38.8 Å². The van der Waals surface area contributed by atoms with Gasteiger partial charge in [0.25, 0.3) is 0 Å². The molecule has 1 aliphatic carbocycles. The summed E-state index contributed by atoms with van der Waals surface area (Å²) in [6.45, 7) is 5.10. The Morgan fingerprint density at radius 3 is 2.40 bits per heavy atom. The third kappa shape index (κ3) is 2.80. The second-order valence-corrected chi connectivity index (χ2v) is 6.38. The van der Waals surface area contributed by atoms with Gasteiger partial charge in [0.1, 0.15) is 0 Å². The molecule has 3 rings (SSSR count). The Balaban J connectivity index is 1.60. The van der Waals surface area contributed by atoms with Crippen LogP contribution in [0.2, 0.25) is 5.02 Å². The molecular weight excluding hydrogens is 270 g/mol. The van der Waals surface area contributed by atoms with Crippen molar-refractivity contribution in [1.29, 1.82) is 0 Å². The number of anilines is 1. The lowest BCUT2D eigenvalue weighted by Crippen LogP contribution is -2.55. The first kappa shape index (κ1) is 14.2. The van der Waals surface area contributed by atoms with Gasteiger partial charge in [-0.3, -0.25) is 4.90 Å². The Morgan fingerprint density at radius 2 is 1.85 bits per heavy atom. The van der Waals surface area contributed by atoms with Crippen LogP contribution >= 0.6 is 11.6 Å². The van der Waals surface area contributed by atoms with Crippen LogP contribution in [0.3, 0.4) is 0 Å². The fourth-order valence-corrected chi connectivity index (χ4v) is 3.72. The highest BCUT2D eigenvalue weighted by molar-refractivity contribution is 6.33. The van der Waals surface area contributed by atoms with Crippen molar-refractivity contribution < 1.29 is 0 Å². The first-order valence-electron chi connectivity index (χ1n) is 7.73. The van der Waals surface area contributed by atoms with Crippen LogP contribution < -0.4 is 10.6 Å². The fraction of sp³-hybridized carbons (Fsp3) is 0.625. The number of hydrogen-bond donors (Lipinski definition) is 1. The lowest BCUT2D eigenvalue weighted by molar-refractivity contribution is 0.0951. The zero-order chi connectivity index (χ0) is 13.9. The molecule has 0 bridgehead atoms. The largest absolute Gasteiger partial charge is 0.368 e. The lowest BCUT2D eigenvalue weighted by Gasteiger charge is -2.45. The number of nitrogens with zero attached hydrogens (tertiary/aromatic N) is 2. The molecule has 2 fully saturated rings. The molecule has 1 atom stereocenters. The topological polar surface area (TPSA) is 32.5 Å². The number of piperazine rings is 1. The molecule has 1 saturated heterocycles. The van der Waals surface area contributed by atoms with Gasteiger partial charge < -0.3 is 10.6 Å². The van der Waals surface area contributed by atoms with Crippen LogP contribution in [0.15, 0.2) is 24.3 Å². The summed E-state index contributed by atoms with van der Waals surface area (Å²) < 4.78 is 0. The van der Waals surface area contributed by atoms with Crippen LogP contribution in [0.25, 0.3) is 0 Å². The molecule has 3 nitrogen and oxygen atoms in total. The summed E-state index contributed by atoms with van der Waals surface area (Å²) in [5.41, 5.74) is 7.18. The molecule has 4 heteroatoms. The molecule has 2 aliphatic rings. The van der Waals surface area contributed by atoms with Gasteiger partial charge in [-0.1, -0.05) is 30.2 Å². The number of nitrogens with two attached hydrogens (primary N) is 1. The minimum Gasteiger partial charge on any atom is -0.368 e. The maximum Gasteiger partial charge on any atom is 0.0639 e. The molecule has 1 saturated carbocycles. The van der Waals surface area contributed by atoms with Gasteiger partial charge in [0.05, 0.1) is 10.7 Å². The zero-order valence-electron chi connectivity index (χ0n) is 12.0. The van der Waals surface area contributed by atoms with Gasteiger partial charge in [-0.15, -0.1) is 0 Å². The highest BCUT2D eigenvalue weighted by Gasteiger charge is 2.32. The monoisotopic (exact) mass is 293 g/mol. The standard InChI is InChI=1S/C16H24ClN3/c17-14-6-1-2-7-15(14)19-8-10-20(11-9-19)16(12-18)13-4-3-5-13/h1-2,6-7,13,16H,3-5,8-12,18H2. The second kappa shape index (κ2) is 6.33. The summed E-state index contributed by atoms with van der Waals surface area (Å²) in [4.78, 5) is 4.99. The number of para-hydroxylation sites is 1. The summed E-state index contributed by atoms with van der Waals surface area (Å²) in [7, 11) is 0. The molecule has 0 aromatic heterocycles. The number of halogens is 1. The van der Waals surface area contributed by atoms with Crippen LogP contribution in [0.5, 0.6) is 0 Å². The maximum absolute atomic E-state index is 6.29. The minimum absolute atomic E-state index is 0.595. The summed E-state index contributed by atoms with van der Waals surface area (Å²) in [6, 6.07) is 8.73. The molecule has 110 valence electrons. The Labute approximate surface area is 126 Å². The van der Waals surface area contributed by atoms with E-state index in [4.69, 9.17) is 17.3 Å². The Kier molecular flexibility index (Phi) is 4.49. The first-order chi connectivity index (χ1) is 9.79. The first-order valence-corrected chi connectivity index (χ1v) is 8.11. The van der Waals surface area contributed by atoms with Crippen LogP contribution in [0.4, 0.5) is 5.69 Å². The number of rotatable bonds is 4. The van der Waals surface area contributed by atoms with Crippen LogP contribution in [0, 0.1) is 5.92 Å². The average Bonchev–Trinajstić information content (AvgIpc) is 2.43. The number of benzene rings is 1. The summed E-state index contributed by atoms with van der Waals surface area (Å²) in [5.74, 6) is 0.840. The molecule has 0 spiro atoms. The van der Waals surface area contributed by atoms with E-state index in [1.807, 2.05) is 12.1 Å². The normalized spacial score (nSPS) is 22.6. The van der Waals surface area contributed by atoms with Crippen molar-refractivity contribution in [2.24, 2.45) is 11.7 Å². The molecule has 1 aromatic carbocycles. The fourth-order valence-electron chi connectivity index (χ4n) is 3.47. The highest BCUT2D eigenvalue weighted by atomic mass is 35.5. The van der Waals surface area contributed by atoms with Crippen molar-refractivity contribution in [2.45, 2.75) is 25.3 Å². The van der Waals surface area contributed by atoms with Gasteiger partial charge in [0.2, 0.25) is 0 Å². The lowest BCUT2D eigenvalue weighted by atomic mass is 9.79. The Hall–Kier alpha value is -0.770. The van der Waals surface area contributed by atoms with E-state index in [-0.39, 0.29) is 0 Å². The third-order valence-electron chi connectivity index (χ3n) is 4.91. The van der Waals surface area contributed by atoms with E-state index in [0.29, 0.717) is 6.04 Å². The predicted octanol–water partition coefficient (Wildman–Crippen LogP) is 2.59. The van der Waals surface area contributed by atoms with E-state index >= 15 is 0 Å². The average molecular weight is 294 g/mol. The van der Waals surface area contributed by atoms with Gasteiger partial charge in [0.15, 0.2) is 0 Å². The molecular formula is C16H24ClN3. The minimum atomic E-state index is 0.595. The Morgan fingerprint density at radius 1 is 1.15 bits per heavy atom. The van der Waals surface area contributed by atoms with Crippen LogP contribution in [0.1, 0.15) is 19.3 Å². The van der Waals surface area contributed by atoms with E-state index in [9.17, 15) is 0 Å². The van der Waals surface area contributed by atoms with Crippen LogP contribution in [-0.4, -0.2) is 43.7 Å². The summed E-state index contributed by atoms with van der Waals surface area (Å²) >= 11 is 6.29. The SMILES string of the molecule is NCC(C1CCC1)N1CCN(c2ccccc2Cl)CC1. The molecule has 0 amide bonds. The molecule has 0 radical (unpaired) electrons. The smallest absolute Gasteiger partial charge is 0.0639 e. The summed E-state index contributed by atoms with van der Waals surface area (Å²) in [6.07, 6.45) is 4.12. The van der Waals surface area contributed by atoms with Crippen molar-refractivity contribution in [3.63, 3.8) is 0 Å². The van der Waals surface area contributed by atoms with Crippen molar-refractivity contribution in [3.05, 3.63) is 29.3 Å². The molecule has 1 unspecified atom stereocenters. The van der Waals surface area contributed by atoms with Gasteiger partial charge in [-0.05, 0) is 30.9 Å². The predicted molar refractivity (Wildman–Crippen MR) is 85.4 cm³/mol. The second-order valence-electron chi connectivity index (χ2n) is 5.97. The van der Waals surface area contributed by atoms with Gasteiger partial charge in [-0.25, -0.2) is 0 Å². The van der Waals surface area contributed by atoms with Gasteiger partial charge in [-0.2, -0.15) is 0 Å². The van der Waals surface area contributed by atoms with Crippen molar-refractivity contribution in [3.8, 4) is 0 Å². The highest BCUT2D eigenvalue weighted by Crippen LogP contribution is 2.33. The van der Waals surface area contributed by atoms with E-state index in [1.165, 1.54) is 24.9 Å². The molecule has 1 heterocycles. The third-order valence-corrected chi connectivity index (χ3v) is 5.23. The van der Waals surface area contributed by atoms with Crippen molar-refractivity contribution in [2.75, 3.05) is 37.6 Å². The van der Waals surface area contributed by atoms with Crippen LogP contribution in [-0.2, 0) is 0 Å². The van der Waals surface area contributed by atoms with Crippen molar-refractivity contribution in [1.82, 2.24) is 4.90 Å². The zero-order valence-corrected chi connectivity index (χ0v) is 12.7. The molecule has 1 aromatic rings. The number of hydrogen-bond acceptors (Lipinski definition) is 3. The van der Waals surface area contributed by atoms with E-state index in [1.54, 1.807) is 0 Å². The van der Waals surface area contributed by atoms with E-state index in [2.05, 4.69) is 21.9 Å². The molecule has 20 heavy (non-hydrogen) atoms. The van der Waals surface area contributed by atoms with Gasteiger partial charge >= 0.3 is 0 Å². The molecule has 2 N–H and O–H groups in total. The summed E-state index contributed by atoms with van der Waals surface area (Å²) in [5, 5.41) is 0.857. The quantitative estimate of drug-likeness (QED) is 0.926. The molecule has 1 aliphatic heterocycles. The van der Waals surface area contributed by atoms with Crippen molar-refractivity contribution >= 4 is 17.3 Å².